The molecule has 1 aliphatic rings. The molecular weight excluding hydrogens is 252 g/mol. The lowest BCUT2D eigenvalue weighted by Crippen LogP contribution is -2.44. The highest BCUT2D eigenvalue weighted by atomic mass is 16.5. The monoisotopic (exact) mass is 276 g/mol. The summed E-state index contributed by atoms with van der Waals surface area (Å²) < 4.78 is 5.61. The Hall–Kier alpha value is -1.55. The van der Waals surface area contributed by atoms with Crippen LogP contribution in [-0.4, -0.2) is 25.1 Å². The second kappa shape index (κ2) is 6.75. The molecule has 0 aliphatic carbocycles. The van der Waals surface area contributed by atoms with Gasteiger partial charge in [0.15, 0.2) is 0 Å². The maximum absolute atomic E-state index is 11.9. The molecular formula is C16H24N2O2. The van der Waals surface area contributed by atoms with Crippen molar-refractivity contribution < 1.29 is 9.53 Å². The highest BCUT2D eigenvalue weighted by molar-refractivity contribution is 5.76. The number of benzene rings is 1. The standard InChI is InChI=1S/C16H24N2O2/c1-11(2)20-15-6-4-14(5-7-15)12(3)18-16(19)8-13-9-17-10-13/h4-7,11-13,17H,8-10H2,1-3H3,(H,18,19). The zero-order valence-electron chi connectivity index (χ0n) is 12.5. The molecule has 20 heavy (non-hydrogen) atoms. The topological polar surface area (TPSA) is 50.4 Å². The molecule has 2 N–H and O–H groups in total. The molecule has 0 bridgehead atoms. The Morgan fingerprint density at radius 2 is 1.95 bits per heavy atom. The number of nitrogens with one attached hydrogen (secondary N) is 2. The van der Waals surface area contributed by atoms with Gasteiger partial charge in [0, 0.05) is 6.42 Å². The first-order chi connectivity index (χ1) is 9.54. The summed E-state index contributed by atoms with van der Waals surface area (Å²) in [6, 6.07) is 7.95. The molecule has 1 aromatic rings. The SMILES string of the molecule is CC(C)Oc1ccc(C(C)NC(=O)CC2CNC2)cc1. The van der Waals surface area contributed by atoms with Gasteiger partial charge in [0.2, 0.25) is 5.91 Å². The lowest BCUT2D eigenvalue weighted by molar-refractivity contribution is -0.123. The van der Waals surface area contributed by atoms with Gasteiger partial charge in [-0.25, -0.2) is 0 Å². The van der Waals surface area contributed by atoms with Gasteiger partial charge < -0.3 is 15.4 Å². The highest BCUT2D eigenvalue weighted by Crippen LogP contribution is 2.19. The van der Waals surface area contributed by atoms with Crippen LogP contribution in [-0.2, 0) is 4.79 Å². The second-order valence-electron chi connectivity index (χ2n) is 5.75. The molecule has 1 saturated heterocycles. The van der Waals surface area contributed by atoms with Gasteiger partial charge in [-0.15, -0.1) is 0 Å². The number of amides is 1. The third kappa shape index (κ3) is 4.23. The molecule has 110 valence electrons. The van der Waals surface area contributed by atoms with Crippen LogP contribution in [0, 0.1) is 5.92 Å². The summed E-state index contributed by atoms with van der Waals surface area (Å²) in [5.74, 6) is 1.50. The number of carbonyl (C=O) groups excluding carboxylic acids is 1. The van der Waals surface area contributed by atoms with Crippen molar-refractivity contribution in [1.29, 1.82) is 0 Å². The van der Waals surface area contributed by atoms with Crippen molar-refractivity contribution in [3.05, 3.63) is 29.8 Å². The summed E-state index contributed by atoms with van der Waals surface area (Å²) in [4.78, 5) is 11.9. The minimum atomic E-state index is 0.0311. The van der Waals surface area contributed by atoms with Gasteiger partial charge in [-0.05, 0) is 57.5 Å². The van der Waals surface area contributed by atoms with Gasteiger partial charge in [0.1, 0.15) is 5.75 Å². The third-order valence-electron chi connectivity index (χ3n) is 3.47. The lowest BCUT2D eigenvalue weighted by atomic mass is 9.98. The van der Waals surface area contributed by atoms with Gasteiger partial charge in [-0.2, -0.15) is 0 Å². The molecule has 1 aromatic carbocycles. The van der Waals surface area contributed by atoms with Crippen molar-refractivity contribution in [3.63, 3.8) is 0 Å². The lowest BCUT2D eigenvalue weighted by Gasteiger charge is -2.27. The Morgan fingerprint density at radius 1 is 1.30 bits per heavy atom. The average molecular weight is 276 g/mol. The predicted octanol–water partition coefficient (Wildman–Crippen LogP) is 2.26. The smallest absolute Gasteiger partial charge is 0.220 e. The van der Waals surface area contributed by atoms with Crippen molar-refractivity contribution in [2.45, 2.75) is 39.3 Å². The summed E-state index contributed by atoms with van der Waals surface area (Å²) in [6.07, 6.45) is 0.792. The average Bonchev–Trinajstić information content (AvgIpc) is 2.34. The zero-order chi connectivity index (χ0) is 14.5. The van der Waals surface area contributed by atoms with Crippen LogP contribution in [0.15, 0.2) is 24.3 Å². The molecule has 1 unspecified atom stereocenters. The fraction of sp³-hybridized carbons (Fsp3) is 0.562. The summed E-state index contributed by atoms with van der Waals surface area (Å²) >= 11 is 0. The quantitative estimate of drug-likeness (QED) is 0.838. The van der Waals surface area contributed by atoms with E-state index in [1.54, 1.807) is 0 Å². The van der Waals surface area contributed by atoms with Crippen molar-refractivity contribution in [2.24, 2.45) is 5.92 Å². The van der Waals surface area contributed by atoms with Crippen molar-refractivity contribution in [3.8, 4) is 5.75 Å². The summed E-state index contributed by atoms with van der Waals surface area (Å²) in [7, 11) is 0. The van der Waals surface area contributed by atoms with Crippen LogP contribution in [0.25, 0.3) is 0 Å². The zero-order valence-corrected chi connectivity index (χ0v) is 12.5. The molecule has 0 spiro atoms. The predicted molar refractivity (Wildman–Crippen MR) is 79.7 cm³/mol. The molecule has 0 aromatic heterocycles. The molecule has 1 atom stereocenters. The van der Waals surface area contributed by atoms with Gasteiger partial charge in [0.25, 0.3) is 0 Å². The normalized spacial score (nSPS) is 16.6. The van der Waals surface area contributed by atoms with E-state index in [2.05, 4.69) is 10.6 Å². The minimum absolute atomic E-state index is 0.0311. The van der Waals surface area contributed by atoms with Crippen LogP contribution in [0.3, 0.4) is 0 Å². The number of ether oxygens (including phenoxy) is 1. The van der Waals surface area contributed by atoms with Gasteiger partial charge in [-0.3, -0.25) is 4.79 Å². The van der Waals surface area contributed by atoms with E-state index in [1.807, 2.05) is 45.0 Å². The Balaban J connectivity index is 1.84. The van der Waals surface area contributed by atoms with Crippen LogP contribution in [0.1, 0.15) is 38.8 Å². The van der Waals surface area contributed by atoms with E-state index in [0.29, 0.717) is 12.3 Å². The Labute approximate surface area is 120 Å². The van der Waals surface area contributed by atoms with Crippen molar-refractivity contribution in [1.82, 2.24) is 10.6 Å². The molecule has 4 heteroatoms. The first-order valence-corrected chi connectivity index (χ1v) is 7.31. The number of rotatable bonds is 6. The second-order valence-corrected chi connectivity index (χ2v) is 5.75. The highest BCUT2D eigenvalue weighted by Gasteiger charge is 2.21. The molecule has 4 nitrogen and oxygen atoms in total. The van der Waals surface area contributed by atoms with Crippen molar-refractivity contribution >= 4 is 5.91 Å². The first-order valence-electron chi connectivity index (χ1n) is 7.31. The van der Waals surface area contributed by atoms with E-state index in [9.17, 15) is 4.79 Å². The molecule has 1 fully saturated rings. The van der Waals surface area contributed by atoms with E-state index in [4.69, 9.17) is 4.74 Å². The molecule has 1 amide bonds. The molecule has 0 radical (unpaired) electrons. The molecule has 1 aliphatic heterocycles. The van der Waals surface area contributed by atoms with Crippen LogP contribution in [0.2, 0.25) is 0 Å². The Kier molecular flexibility index (Phi) is 5.01. The molecule has 0 saturated carbocycles. The van der Waals surface area contributed by atoms with Crippen LogP contribution in [0.5, 0.6) is 5.75 Å². The van der Waals surface area contributed by atoms with Crippen LogP contribution >= 0.6 is 0 Å². The van der Waals surface area contributed by atoms with E-state index < -0.39 is 0 Å². The van der Waals surface area contributed by atoms with Crippen LogP contribution in [0.4, 0.5) is 0 Å². The van der Waals surface area contributed by atoms with Gasteiger partial charge in [-0.1, -0.05) is 12.1 Å². The van der Waals surface area contributed by atoms with Gasteiger partial charge in [0.05, 0.1) is 12.1 Å². The summed E-state index contributed by atoms with van der Waals surface area (Å²) in [6.45, 7) is 7.94. The maximum Gasteiger partial charge on any atom is 0.220 e. The summed E-state index contributed by atoms with van der Waals surface area (Å²) in [5, 5.41) is 6.23. The minimum Gasteiger partial charge on any atom is -0.491 e. The van der Waals surface area contributed by atoms with E-state index in [-0.39, 0.29) is 18.1 Å². The fourth-order valence-corrected chi connectivity index (χ4v) is 2.25. The maximum atomic E-state index is 11.9. The Bertz CT molecular complexity index is 438. The number of hydrogen-bond acceptors (Lipinski definition) is 3. The Morgan fingerprint density at radius 3 is 2.45 bits per heavy atom. The van der Waals surface area contributed by atoms with E-state index in [0.717, 1.165) is 24.4 Å². The third-order valence-corrected chi connectivity index (χ3v) is 3.47. The van der Waals surface area contributed by atoms with Crippen LogP contribution < -0.4 is 15.4 Å². The first kappa shape index (κ1) is 14.9. The summed E-state index contributed by atoms with van der Waals surface area (Å²) in [5.41, 5.74) is 1.10. The van der Waals surface area contributed by atoms with Gasteiger partial charge >= 0.3 is 0 Å². The van der Waals surface area contributed by atoms with Crippen molar-refractivity contribution in [2.75, 3.05) is 13.1 Å². The van der Waals surface area contributed by atoms with E-state index in [1.165, 1.54) is 0 Å². The molecule has 1 heterocycles. The number of hydrogen-bond donors (Lipinski definition) is 2. The molecule has 2 rings (SSSR count). The fourth-order valence-electron chi connectivity index (χ4n) is 2.25. The largest absolute Gasteiger partial charge is 0.491 e. The van der Waals surface area contributed by atoms with E-state index >= 15 is 0 Å². The number of carbonyl (C=O) groups is 1.